The molecule has 1 unspecified atom stereocenters. The number of hydrogen-bond donors (Lipinski definition) is 1. The first-order chi connectivity index (χ1) is 9.10. The van der Waals surface area contributed by atoms with Crippen LogP contribution in [0.4, 0.5) is 5.69 Å². The van der Waals surface area contributed by atoms with E-state index in [1.54, 1.807) is 0 Å². The first-order valence-corrected chi connectivity index (χ1v) is 6.88. The van der Waals surface area contributed by atoms with E-state index in [0.717, 1.165) is 30.9 Å². The topological polar surface area (TPSA) is 41.9 Å². The predicted molar refractivity (Wildman–Crippen MR) is 73.8 cm³/mol. The van der Waals surface area contributed by atoms with Crippen molar-refractivity contribution in [3.8, 4) is 11.5 Å². The molecule has 104 valence electrons. The number of ether oxygens (including phenoxy) is 2. The highest BCUT2D eigenvalue weighted by Crippen LogP contribution is 2.40. The largest absolute Gasteiger partial charge is 0.454 e. The smallest absolute Gasteiger partial charge is 0.231 e. The van der Waals surface area contributed by atoms with Crippen LogP contribution in [0, 0.1) is 5.92 Å². The molecule has 2 heterocycles. The molecule has 0 amide bonds. The Balaban J connectivity index is 1.85. The number of hydrogen-bond acceptors (Lipinski definition) is 4. The molecular weight excluding hydrogens is 242 g/mol. The summed E-state index contributed by atoms with van der Waals surface area (Å²) in [7, 11) is 0. The van der Waals surface area contributed by atoms with Gasteiger partial charge in [0, 0.05) is 30.4 Å². The highest BCUT2D eigenvalue weighted by Gasteiger charge is 2.35. The molecule has 0 aliphatic carbocycles. The van der Waals surface area contributed by atoms with Crippen molar-refractivity contribution < 1.29 is 14.6 Å². The molecule has 1 fully saturated rings. The molecular formula is C15H21NO3. The van der Waals surface area contributed by atoms with Crippen molar-refractivity contribution in [2.24, 2.45) is 5.92 Å². The fourth-order valence-corrected chi connectivity index (χ4v) is 3.22. The molecule has 4 heteroatoms. The Morgan fingerprint density at radius 2 is 2.11 bits per heavy atom. The van der Waals surface area contributed by atoms with E-state index < -0.39 is 0 Å². The zero-order valence-electron chi connectivity index (χ0n) is 11.6. The van der Waals surface area contributed by atoms with Crippen molar-refractivity contribution in [3.05, 3.63) is 18.2 Å². The molecule has 1 aromatic rings. The summed E-state index contributed by atoms with van der Waals surface area (Å²) in [6.07, 6.45) is 2.05. The SMILES string of the molecule is CC1(C)CC(CO)CCN1c1ccc2c(c1)OCO2. The van der Waals surface area contributed by atoms with Gasteiger partial charge in [-0.25, -0.2) is 0 Å². The quantitative estimate of drug-likeness (QED) is 0.889. The summed E-state index contributed by atoms with van der Waals surface area (Å²) in [5.74, 6) is 2.07. The second-order valence-corrected chi connectivity index (χ2v) is 6.04. The van der Waals surface area contributed by atoms with E-state index in [2.05, 4.69) is 30.9 Å². The number of benzene rings is 1. The van der Waals surface area contributed by atoms with Crippen molar-refractivity contribution >= 4 is 5.69 Å². The number of aliphatic hydroxyl groups is 1. The Kier molecular flexibility index (Phi) is 3.05. The van der Waals surface area contributed by atoms with E-state index in [0.29, 0.717) is 19.3 Å². The molecule has 0 bridgehead atoms. The number of rotatable bonds is 2. The monoisotopic (exact) mass is 263 g/mol. The van der Waals surface area contributed by atoms with Crippen LogP contribution in [-0.2, 0) is 0 Å². The minimum atomic E-state index is 0.0549. The Bertz CT molecular complexity index is 472. The van der Waals surface area contributed by atoms with Crippen molar-refractivity contribution in [3.63, 3.8) is 0 Å². The number of anilines is 1. The molecule has 2 aliphatic heterocycles. The van der Waals surface area contributed by atoms with Gasteiger partial charge in [0.2, 0.25) is 6.79 Å². The molecule has 4 nitrogen and oxygen atoms in total. The van der Waals surface area contributed by atoms with E-state index in [9.17, 15) is 5.11 Å². The predicted octanol–water partition coefficient (Wildman–Crippen LogP) is 2.40. The van der Waals surface area contributed by atoms with E-state index in [1.807, 2.05) is 6.07 Å². The van der Waals surface area contributed by atoms with E-state index in [-0.39, 0.29) is 5.54 Å². The molecule has 1 N–H and O–H groups in total. The van der Waals surface area contributed by atoms with Crippen molar-refractivity contribution in [1.29, 1.82) is 0 Å². The Hall–Kier alpha value is -1.42. The normalized spacial score (nSPS) is 24.6. The summed E-state index contributed by atoms with van der Waals surface area (Å²) in [6.45, 7) is 6.05. The molecule has 0 radical (unpaired) electrons. The number of nitrogens with zero attached hydrogens (tertiary/aromatic N) is 1. The molecule has 1 atom stereocenters. The second kappa shape index (κ2) is 4.60. The standard InChI is InChI=1S/C15H21NO3/c1-15(2)8-11(9-17)5-6-16(15)12-3-4-13-14(7-12)19-10-18-13/h3-4,7,11,17H,5-6,8-10H2,1-2H3. The van der Waals surface area contributed by atoms with Gasteiger partial charge in [0.05, 0.1) is 0 Å². The van der Waals surface area contributed by atoms with Crippen LogP contribution in [0.1, 0.15) is 26.7 Å². The Morgan fingerprint density at radius 3 is 2.84 bits per heavy atom. The van der Waals surface area contributed by atoms with Crippen molar-refractivity contribution in [2.75, 3.05) is 24.8 Å². The number of aliphatic hydroxyl groups excluding tert-OH is 1. The molecule has 2 aliphatic rings. The van der Waals surface area contributed by atoms with Gasteiger partial charge in [0.1, 0.15) is 0 Å². The Morgan fingerprint density at radius 1 is 1.32 bits per heavy atom. The summed E-state index contributed by atoms with van der Waals surface area (Å²) < 4.78 is 10.8. The molecule has 3 rings (SSSR count). The lowest BCUT2D eigenvalue weighted by Gasteiger charge is -2.47. The van der Waals surface area contributed by atoms with Gasteiger partial charge in [-0.1, -0.05) is 0 Å². The number of piperidine rings is 1. The van der Waals surface area contributed by atoms with Gasteiger partial charge in [-0.05, 0) is 44.7 Å². The molecule has 1 aromatic carbocycles. The van der Waals surface area contributed by atoms with Crippen LogP contribution in [0.15, 0.2) is 18.2 Å². The van der Waals surface area contributed by atoms with Gasteiger partial charge in [0.25, 0.3) is 0 Å². The van der Waals surface area contributed by atoms with Gasteiger partial charge in [0.15, 0.2) is 11.5 Å². The van der Waals surface area contributed by atoms with E-state index >= 15 is 0 Å². The summed E-state index contributed by atoms with van der Waals surface area (Å²) in [4.78, 5) is 2.40. The summed E-state index contributed by atoms with van der Waals surface area (Å²) in [5.41, 5.74) is 1.23. The zero-order valence-corrected chi connectivity index (χ0v) is 11.6. The van der Waals surface area contributed by atoms with Crippen molar-refractivity contribution in [1.82, 2.24) is 0 Å². The maximum absolute atomic E-state index is 9.35. The lowest BCUT2D eigenvalue weighted by atomic mass is 9.82. The Labute approximate surface area is 113 Å². The lowest BCUT2D eigenvalue weighted by molar-refractivity contribution is 0.165. The lowest BCUT2D eigenvalue weighted by Crippen LogP contribution is -2.50. The minimum Gasteiger partial charge on any atom is -0.454 e. The summed E-state index contributed by atoms with van der Waals surface area (Å²) in [6, 6.07) is 6.13. The second-order valence-electron chi connectivity index (χ2n) is 6.04. The van der Waals surface area contributed by atoms with Crippen LogP contribution >= 0.6 is 0 Å². The molecule has 19 heavy (non-hydrogen) atoms. The van der Waals surface area contributed by atoms with Crippen LogP contribution in [0.25, 0.3) is 0 Å². The molecule has 1 saturated heterocycles. The summed E-state index contributed by atoms with van der Waals surface area (Å²) >= 11 is 0. The van der Waals surface area contributed by atoms with Gasteiger partial charge < -0.3 is 19.5 Å². The summed E-state index contributed by atoms with van der Waals surface area (Å²) in [5, 5.41) is 9.35. The average molecular weight is 263 g/mol. The van der Waals surface area contributed by atoms with Gasteiger partial charge >= 0.3 is 0 Å². The molecule has 0 saturated carbocycles. The highest BCUT2D eigenvalue weighted by molar-refractivity contribution is 5.58. The molecule has 0 spiro atoms. The average Bonchev–Trinajstić information content (AvgIpc) is 2.84. The third-order valence-electron chi connectivity index (χ3n) is 4.21. The first kappa shape index (κ1) is 12.6. The third-order valence-corrected chi connectivity index (χ3v) is 4.21. The fourth-order valence-electron chi connectivity index (χ4n) is 3.22. The molecule has 0 aromatic heterocycles. The van der Waals surface area contributed by atoms with Gasteiger partial charge in [-0.2, -0.15) is 0 Å². The highest BCUT2D eigenvalue weighted by atomic mass is 16.7. The van der Waals surface area contributed by atoms with Gasteiger partial charge in [-0.3, -0.25) is 0 Å². The van der Waals surface area contributed by atoms with Gasteiger partial charge in [-0.15, -0.1) is 0 Å². The van der Waals surface area contributed by atoms with Crippen molar-refractivity contribution in [2.45, 2.75) is 32.2 Å². The van der Waals surface area contributed by atoms with E-state index in [4.69, 9.17) is 9.47 Å². The van der Waals surface area contributed by atoms with Crippen LogP contribution in [0.5, 0.6) is 11.5 Å². The maximum Gasteiger partial charge on any atom is 0.231 e. The zero-order chi connectivity index (χ0) is 13.5. The third kappa shape index (κ3) is 2.25. The van der Waals surface area contributed by atoms with Crippen LogP contribution < -0.4 is 14.4 Å². The van der Waals surface area contributed by atoms with Crippen LogP contribution in [0.3, 0.4) is 0 Å². The van der Waals surface area contributed by atoms with Crippen LogP contribution in [0.2, 0.25) is 0 Å². The maximum atomic E-state index is 9.35. The minimum absolute atomic E-state index is 0.0549. The van der Waals surface area contributed by atoms with Crippen LogP contribution in [-0.4, -0.2) is 30.6 Å². The number of fused-ring (bicyclic) bond motifs is 1. The fraction of sp³-hybridized carbons (Fsp3) is 0.600. The van der Waals surface area contributed by atoms with E-state index in [1.165, 1.54) is 5.69 Å². The first-order valence-electron chi connectivity index (χ1n) is 6.88.